The molecule has 0 radical (unpaired) electrons. The second kappa shape index (κ2) is 5.71. The van der Waals surface area contributed by atoms with Gasteiger partial charge in [0.1, 0.15) is 11.5 Å². The first-order valence-corrected chi connectivity index (χ1v) is 6.06. The van der Waals surface area contributed by atoms with E-state index in [9.17, 15) is 0 Å². The number of nitrogens with one attached hydrogen (secondary N) is 1. The number of nitrogen functional groups attached to an aromatic ring is 1. The van der Waals surface area contributed by atoms with E-state index in [0.29, 0.717) is 16.5 Å². The molecule has 0 unspecified atom stereocenters. The van der Waals surface area contributed by atoms with Crippen molar-refractivity contribution in [2.45, 2.75) is 0 Å². The molecule has 100 valence electrons. The molecule has 0 atom stereocenters. The predicted octanol–water partition coefficient (Wildman–Crippen LogP) is 3.68. The molecule has 0 spiro atoms. The molecule has 2 aromatic rings. The molecular weight excluding hydrogens is 264 g/mol. The Morgan fingerprint density at radius 1 is 0.947 bits per heavy atom. The maximum atomic E-state index is 6.14. The van der Waals surface area contributed by atoms with Crippen molar-refractivity contribution in [3.63, 3.8) is 0 Å². The summed E-state index contributed by atoms with van der Waals surface area (Å²) in [4.78, 5) is 0. The SMILES string of the molecule is COc1ccc(N)c(Nc2cc(OC)ccc2Cl)c1. The molecule has 0 aliphatic carbocycles. The number of benzene rings is 2. The van der Waals surface area contributed by atoms with Crippen molar-refractivity contribution in [3.8, 4) is 11.5 Å². The fraction of sp³-hybridized carbons (Fsp3) is 0.143. The third-order valence-electron chi connectivity index (χ3n) is 2.70. The van der Waals surface area contributed by atoms with Gasteiger partial charge in [-0.05, 0) is 24.3 Å². The van der Waals surface area contributed by atoms with Crippen molar-refractivity contribution >= 4 is 28.7 Å². The van der Waals surface area contributed by atoms with Gasteiger partial charge < -0.3 is 20.5 Å². The van der Waals surface area contributed by atoms with Gasteiger partial charge in [-0.2, -0.15) is 0 Å². The van der Waals surface area contributed by atoms with Crippen molar-refractivity contribution in [3.05, 3.63) is 41.4 Å². The van der Waals surface area contributed by atoms with Crippen LogP contribution in [0.15, 0.2) is 36.4 Å². The summed E-state index contributed by atoms with van der Waals surface area (Å²) in [7, 11) is 3.21. The number of ether oxygens (including phenoxy) is 2. The van der Waals surface area contributed by atoms with Crippen LogP contribution in [0.3, 0.4) is 0 Å². The largest absolute Gasteiger partial charge is 0.497 e. The number of methoxy groups -OCH3 is 2. The maximum absolute atomic E-state index is 6.14. The Morgan fingerprint density at radius 3 is 2.16 bits per heavy atom. The van der Waals surface area contributed by atoms with Crippen molar-refractivity contribution in [1.82, 2.24) is 0 Å². The molecule has 19 heavy (non-hydrogen) atoms. The van der Waals surface area contributed by atoms with Crippen LogP contribution in [0.4, 0.5) is 17.1 Å². The monoisotopic (exact) mass is 278 g/mol. The molecule has 0 aromatic heterocycles. The second-order valence-electron chi connectivity index (χ2n) is 3.92. The zero-order chi connectivity index (χ0) is 13.8. The summed E-state index contributed by atoms with van der Waals surface area (Å²) in [6.07, 6.45) is 0. The topological polar surface area (TPSA) is 56.5 Å². The van der Waals surface area contributed by atoms with Crippen LogP contribution in [0.25, 0.3) is 0 Å². The number of rotatable bonds is 4. The quantitative estimate of drug-likeness (QED) is 0.838. The molecule has 0 saturated heterocycles. The Balaban J connectivity index is 2.35. The lowest BCUT2D eigenvalue weighted by atomic mass is 10.2. The normalized spacial score (nSPS) is 10.1. The molecule has 0 aliphatic heterocycles. The third-order valence-corrected chi connectivity index (χ3v) is 3.03. The van der Waals surface area contributed by atoms with Crippen molar-refractivity contribution in [2.75, 3.05) is 25.3 Å². The third kappa shape index (κ3) is 3.03. The number of anilines is 3. The fourth-order valence-electron chi connectivity index (χ4n) is 1.64. The smallest absolute Gasteiger partial charge is 0.121 e. The molecule has 0 aliphatic rings. The van der Waals surface area contributed by atoms with Crippen molar-refractivity contribution in [1.29, 1.82) is 0 Å². The summed E-state index contributed by atoms with van der Waals surface area (Å²) in [6, 6.07) is 10.7. The highest BCUT2D eigenvalue weighted by Crippen LogP contribution is 2.33. The number of hydrogen-bond acceptors (Lipinski definition) is 4. The first-order chi connectivity index (χ1) is 9.13. The van der Waals surface area contributed by atoms with Crippen LogP contribution in [-0.2, 0) is 0 Å². The van der Waals surface area contributed by atoms with Gasteiger partial charge in [0.15, 0.2) is 0 Å². The Hall–Kier alpha value is -2.07. The summed E-state index contributed by atoms with van der Waals surface area (Å²) in [5.41, 5.74) is 7.99. The summed E-state index contributed by atoms with van der Waals surface area (Å²) in [6.45, 7) is 0. The van der Waals surface area contributed by atoms with Crippen LogP contribution in [0.1, 0.15) is 0 Å². The van der Waals surface area contributed by atoms with Crippen molar-refractivity contribution < 1.29 is 9.47 Å². The van der Waals surface area contributed by atoms with Gasteiger partial charge in [-0.3, -0.25) is 0 Å². The minimum absolute atomic E-state index is 0.586. The average Bonchev–Trinajstić information content (AvgIpc) is 2.43. The number of hydrogen-bond donors (Lipinski definition) is 2. The molecule has 5 heteroatoms. The second-order valence-corrected chi connectivity index (χ2v) is 4.33. The average molecular weight is 279 g/mol. The van der Waals surface area contributed by atoms with Crippen molar-refractivity contribution in [2.24, 2.45) is 0 Å². The van der Waals surface area contributed by atoms with E-state index in [0.717, 1.165) is 17.1 Å². The summed E-state index contributed by atoms with van der Waals surface area (Å²) < 4.78 is 10.3. The van der Waals surface area contributed by atoms with E-state index in [4.69, 9.17) is 26.8 Å². The molecule has 0 saturated carbocycles. The molecule has 2 aromatic carbocycles. The van der Waals surface area contributed by atoms with Gasteiger partial charge in [-0.25, -0.2) is 0 Å². The Kier molecular flexibility index (Phi) is 4.02. The highest BCUT2D eigenvalue weighted by molar-refractivity contribution is 6.33. The van der Waals surface area contributed by atoms with Gasteiger partial charge >= 0.3 is 0 Å². The van der Waals surface area contributed by atoms with Crippen LogP contribution in [0.5, 0.6) is 11.5 Å². The Bertz CT molecular complexity index is 536. The van der Waals surface area contributed by atoms with Crippen LogP contribution in [0.2, 0.25) is 5.02 Å². The van der Waals surface area contributed by atoms with E-state index in [-0.39, 0.29) is 0 Å². The lowest BCUT2D eigenvalue weighted by Crippen LogP contribution is -1.98. The maximum Gasteiger partial charge on any atom is 0.121 e. The fourth-order valence-corrected chi connectivity index (χ4v) is 1.81. The Morgan fingerprint density at radius 2 is 1.53 bits per heavy atom. The van der Waals surface area contributed by atoms with Gasteiger partial charge in [-0.1, -0.05) is 11.6 Å². The minimum atomic E-state index is 0.586. The number of halogens is 1. The van der Waals surface area contributed by atoms with Gasteiger partial charge in [0.05, 0.1) is 36.3 Å². The summed E-state index contributed by atoms with van der Waals surface area (Å²) in [5.74, 6) is 1.43. The standard InChI is InChI=1S/C14H15ClN2O2/c1-18-9-3-5-11(15)13(7-9)17-14-8-10(19-2)4-6-12(14)16/h3-8,17H,16H2,1-2H3. The van der Waals surface area contributed by atoms with Gasteiger partial charge in [0.25, 0.3) is 0 Å². The van der Waals surface area contributed by atoms with Crippen LogP contribution < -0.4 is 20.5 Å². The van der Waals surface area contributed by atoms with Crippen LogP contribution in [-0.4, -0.2) is 14.2 Å². The van der Waals surface area contributed by atoms with E-state index in [1.165, 1.54) is 0 Å². The Labute approximate surface area is 117 Å². The molecule has 2 rings (SSSR count). The molecule has 3 N–H and O–H groups in total. The molecule has 0 amide bonds. The van der Waals surface area contributed by atoms with E-state index < -0.39 is 0 Å². The first-order valence-electron chi connectivity index (χ1n) is 5.68. The lowest BCUT2D eigenvalue weighted by Gasteiger charge is -2.13. The molecule has 0 heterocycles. The van der Waals surface area contributed by atoms with Gasteiger partial charge in [0.2, 0.25) is 0 Å². The highest BCUT2D eigenvalue weighted by Gasteiger charge is 2.06. The zero-order valence-electron chi connectivity index (χ0n) is 10.7. The lowest BCUT2D eigenvalue weighted by molar-refractivity contribution is 0.415. The van der Waals surface area contributed by atoms with E-state index in [2.05, 4.69) is 5.32 Å². The molecule has 0 bridgehead atoms. The molecule has 4 nitrogen and oxygen atoms in total. The first kappa shape index (κ1) is 13.4. The van der Waals surface area contributed by atoms with E-state index >= 15 is 0 Å². The molecular formula is C14H15ClN2O2. The van der Waals surface area contributed by atoms with Gasteiger partial charge in [-0.15, -0.1) is 0 Å². The van der Waals surface area contributed by atoms with E-state index in [1.807, 2.05) is 6.07 Å². The predicted molar refractivity (Wildman–Crippen MR) is 78.7 cm³/mol. The van der Waals surface area contributed by atoms with E-state index in [1.54, 1.807) is 44.6 Å². The zero-order valence-corrected chi connectivity index (χ0v) is 11.5. The van der Waals surface area contributed by atoms with Crippen LogP contribution >= 0.6 is 11.6 Å². The highest BCUT2D eigenvalue weighted by atomic mass is 35.5. The van der Waals surface area contributed by atoms with Crippen LogP contribution in [0, 0.1) is 0 Å². The molecule has 0 fully saturated rings. The van der Waals surface area contributed by atoms with Gasteiger partial charge in [0, 0.05) is 12.1 Å². The minimum Gasteiger partial charge on any atom is -0.497 e. The summed E-state index contributed by atoms with van der Waals surface area (Å²) in [5, 5.41) is 3.76. The summed E-state index contributed by atoms with van der Waals surface area (Å²) >= 11 is 6.14. The number of nitrogens with two attached hydrogens (primary N) is 1.